The smallest absolute Gasteiger partial charge is 0.190 e. The molecule has 2 aromatic carbocycles. The van der Waals surface area contributed by atoms with Crippen molar-refractivity contribution in [3.63, 3.8) is 0 Å². The lowest BCUT2D eigenvalue weighted by Crippen LogP contribution is -2.16. The molecule has 0 N–H and O–H groups in total. The van der Waals surface area contributed by atoms with Gasteiger partial charge in [-0.3, -0.25) is 0 Å². The van der Waals surface area contributed by atoms with Crippen LogP contribution in [0.2, 0.25) is 0 Å². The van der Waals surface area contributed by atoms with Gasteiger partial charge in [-0.15, -0.1) is 11.3 Å². The maximum atomic E-state index is 14.1. The van der Waals surface area contributed by atoms with E-state index in [-0.39, 0.29) is 5.82 Å². The van der Waals surface area contributed by atoms with Crippen LogP contribution in [0.15, 0.2) is 86.2 Å². The quantitative estimate of drug-likeness (QED) is 0.392. The van der Waals surface area contributed by atoms with Crippen molar-refractivity contribution in [3.05, 3.63) is 93.2 Å². The summed E-state index contributed by atoms with van der Waals surface area (Å²) in [5.41, 5.74) is 2.36. The van der Waals surface area contributed by atoms with Crippen LogP contribution >= 0.6 is 27.3 Å². The van der Waals surface area contributed by atoms with E-state index in [2.05, 4.69) is 20.9 Å². The first-order valence-corrected chi connectivity index (χ1v) is 9.64. The second kappa shape index (κ2) is 7.43. The molecule has 0 saturated carbocycles. The van der Waals surface area contributed by atoms with Crippen LogP contribution in [0.4, 0.5) is 10.1 Å². The molecule has 0 amide bonds. The Balaban J connectivity index is 1.90. The number of aromatic nitrogens is 1. The second-order valence-electron chi connectivity index (χ2n) is 5.61. The van der Waals surface area contributed by atoms with Crippen molar-refractivity contribution in [2.75, 3.05) is 0 Å². The van der Waals surface area contributed by atoms with E-state index in [1.807, 2.05) is 46.3 Å². The molecule has 130 valence electrons. The molecule has 0 saturated heterocycles. The van der Waals surface area contributed by atoms with Gasteiger partial charge in [0, 0.05) is 15.4 Å². The zero-order valence-corrected chi connectivity index (χ0v) is 16.0. The molecule has 26 heavy (non-hydrogen) atoms. The summed E-state index contributed by atoms with van der Waals surface area (Å²) >= 11 is 5.08. The minimum absolute atomic E-state index is 0.321. The zero-order valence-electron chi connectivity index (χ0n) is 13.6. The average molecular weight is 429 g/mol. The maximum Gasteiger partial charge on any atom is 0.190 e. The Morgan fingerprint density at radius 3 is 2.62 bits per heavy atom. The van der Waals surface area contributed by atoms with Gasteiger partial charge in [0.2, 0.25) is 0 Å². The second-order valence-corrected chi connectivity index (χ2v) is 7.30. The lowest BCUT2D eigenvalue weighted by molar-refractivity contribution is 0.492. The van der Waals surface area contributed by atoms with Crippen LogP contribution in [0.3, 0.4) is 0 Å². The molecule has 4 rings (SSSR count). The van der Waals surface area contributed by atoms with Gasteiger partial charge in [0.15, 0.2) is 4.80 Å². The molecule has 0 aliphatic carbocycles. The molecule has 4 aromatic rings. The molecule has 6 heteroatoms. The minimum atomic E-state index is -0.340. The number of furan rings is 1. The number of thiazole rings is 1. The first-order chi connectivity index (χ1) is 12.7. The molecule has 0 fully saturated rings. The van der Waals surface area contributed by atoms with E-state index < -0.39 is 0 Å². The van der Waals surface area contributed by atoms with Gasteiger partial charge < -0.3 is 8.98 Å². The van der Waals surface area contributed by atoms with Crippen molar-refractivity contribution in [3.8, 4) is 11.3 Å². The van der Waals surface area contributed by atoms with Gasteiger partial charge in [-0.05, 0) is 30.3 Å². The van der Waals surface area contributed by atoms with Gasteiger partial charge in [-0.2, -0.15) is 0 Å². The lowest BCUT2D eigenvalue weighted by Gasteiger charge is -2.09. The molecule has 3 nitrogen and oxygen atoms in total. The van der Waals surface area contributed by atoms with E-state index in [9.17, 15) is 4.39 Å². The number of hydrogen-bond donors (Lipinski definition) is 0. The molecular formula is C20H14BrFN2OS. The van der Waals surface area contributed by atoms with E-state index >= 15 is 0 Å². The fourth-order valence-electron chi connectivity index (χ4n) is 2.66. The monoisotopic (exact) mass is 428 g/mol. The van der Waals surface area contributed by atoms with Crippen molar-refractivity contribution in [1.82, 2.24) is 4.57 Å². The summed E-state index contributed by atoms with van der Waals surface area (Å²) in [6, 6.07) is 18.3. The third kappa shape index (κ3) is 3.43. The molecule has 0 unspecified atom stereocenters. The van der Waals surface area contributed by atoms with Crippen LogP contribution in [0, 0.1) is 5.82 Å². The van der Waals surface area contributed by atoms with Crippen LogP contribution in [0.1, 0.15) is 5.76 Å². The third-order valence-corrected chi connectivity index (χ3v) is 5.47. The molecule has 0 aliphatic rings. The number of hydrogen-bond acceptors (Lipinski definition) is 3. The lowest BCUT2D eigenvalue weighted by atomic mass is 10.2. The number of nitrogens with zero attached hydrogens (tertiary/aromatic N) is 2. The van der Waals surface area contributed by atoms with E-state index in [0.717, 1.165) is 21.5 Å². The van der Waals surface area contributed by atoms with E-state index in [4.69, 9.17) is 4.42 Å². The average Bonchev–Trinajstić information content (AvgIpc) is 3.29. The van der Waals surface area contributed by atoms with Gasteiger partial charge >= 0.3 is 0 Å². The molecule has 0 spiro atoms. The highest BCUT2D eigenvalue weighted by Crippen LogP contribution is 2.29. The fourth-order valence-corrected chi connectivity index (χ4v) is 4.06. The van der Waals surface area contributed by atoms with Crippen LogP contribution < -0.4 is 4.80 Å². The summed E-state index contributed by atoms with van der Waals surface area (Å²) in [4.78, 5) is 5.25. The molecule has 0 radical (unpaired) electrons. The first-order valence-electron chi connectivity index (χ1n) is 7.97. The van der Waals surface area contributed by atoms with E-state index in [0.29, 0.717) is 17.0 Å². The number of halogens is 2. The maximum absolute atomic E-state index is 14.1. The summed E-state index contributed by atoms with van der Waals surface area (Å²) < 4.78 is 22.6. The van der Waals surface area contributed by atoms with Gasteiger partial charge in [-0.1, -0.05) is 46.3 Å². The molecule has 2 heterocycles. The predicted molar refractivity (Wildman–Crippen MR) is 105 cm³/mol. The topological polar surface area (TPSA) is 30.4 Å². The zero-order chi connectivity index (χ0) is 17.9. The summed E-state index contributed by atoms with van der Waals surface area (Å²) in [6.45, 7) is 0.514. The fraction of sp³-hybridized carbons (Fsp3) is 0.0500. The number of para-hydroxylation sites is 1. The Kier molecular flexibility index (Phi) is 4.86. The van der Waals surface area contributed by atoms with Crippen molar-refractivity contribution >= 4 is 33.0 Å². The van der Waals surface area contributed by atoms with Crippen LogP contribution in [-0.4, -0.2) is 4.57 Å². The van der Waals surface area contributed by atoms with Gasteiger partial charge in [0.1, 0.15) is 17.3 Å². The first kappa shape index (κ1) is 17.0. The van der Waals surface area contributed by atoms with Gasteiger partial charge in [0.25, 0.3) is 0 Å². The Morgan fingerprint density at radius 1 is 1.04 bits per heavy atom. The minimum Gasteiger partial charge on any atom is -0.467 e. The summed E-state index contributed by atoms with van der Waals surface area (Å²) in [7, 11) is 0. The van der Waals surface area contributed by atoms with Gasteiger partial charge in [-0.25, -0.2) is 9.38 Å². The molecule has 0 atom stereocenters. The summed E-state index contributed by atoms with van der Waals surface area (Å²) in [6.07, 6.45) is 1.65. The number of rotatable bonds is 4. The Labute approximate surface area is 162 Å². The highest BCUT2D eigenvalue weighted by Gasteiger charge is 2.13. The summed E-state index contributed by atoms with van der Waals surface area (Å²) in [5.74, 6) is 0.472. The normalized spacial score (nSPS) is 11.8. The molecule has 2 aromatic heterocycles. The third-order valence-electron chi connectivity index (χ3n) is 3.91. The van der Waals surface area contributed by atoms with Crippen LogP contribution in [-0.2, 0) is 6.54 Å². The predicted octanol–water partition coefficient (Wildman–Crippen LogP) is 5.99. The SMILES string of the molecule is Fc1ccccc1N=c1scc(-c2ccccc2Br)n1Cc1ccco1. The van der Waals surface area contributed by atoms with Crippen molar-refractivity contribution in [2.24, 2.45) is 4.99 Å². The number of benzene rings is 2. The Hall–Kier alpha value is -2.44. The Morgan fingerprint density at radius 2 is 1.85 bits per heavy atom. The van der Waals surface area contributed by atoms with Crippen molar-refractivity contribution in [2.45, 2.75) is 6.54 Å². The Bertz CT molecular complexity index is 1100. The van der Waals surface area contributed by atoms with Crippen molar-refractivity contribution in [1.29, 1.82) is 0 Å². The molecule has 0 bridgehead atoms. The molecule has 0 aliphatic heterocycles. The van der Waals surface area contributed by atoms with E-state index in [1.54, 1.807) is 24.5 Å². The van der Waals surface area contributed by atoms with Crippen LogP contribution in [0.5, 0.6) is 0 Å². The standard InChI is InChI=1S/C20H14BrFN2OS/c21-16-8-2-1-7-15(16)19-13-26-20(23-18-10-4-3-9-17(18)22)24(19)12-14-6-5-11-25-14/h1-11,13H,12H2. The summed E-state index contributed by atoms with van der Waals surface area (Å²) in [5, 5.41) is 2.03. The van der Waals surface area contributed by atoms with E-state index in [1.165, 1.54) is 17.4 Å². The molecular weight excluding hydrogens is 415 g/mol. The highest BCUT2D eigenvalue weighted by atomic mass is 79.9. The van der Waals surface area contributed by atoms with Crippen molar-refractivity contribution < 1.29 is 8.81 Å². The van der Waals surface area contributed by atoms with Gasteiger partial charge in [0.05, 0.1) is 18.5 Å². The largest absolute Gasteiger partial charge is 0.467 e. The van der Waals surface area contributed by atoms with Crippen LogP contribution in [0.25, 0.3) is 11.3 Å². The highest BCUT2D eigenvalue weighted by molar-refractivity contribution is 9.10.